The molecule has 124 valence electrons. The quantitative estimate of drug-likeness (QED) is 0.265. The summed E-state index contributed by atoms with van der Waals surface area (Å²) in [6.07, 6.45) is 1.36. The number of hydrogen-bond acceptors (Lipinski definition) is 6. The molecule has 1 aliphatic rings. The Balaban J connectivity index is 3.30. The second-order valence-electron chi connectivity index (χ2n) is 6.05. The van der Waals surface area contributed by atoms with Crippen LogP contribution in [0.2, 0.25) is 0 Å². The van der Waals surface area contributed by atoms with Gasteiger partial charge in [-0.05, 0) is 18.8 Å². The highest BCUT2D eigenvalue weighted by Crippen LogP contribution is 2.40. The van der Waals surface area contributed by atoms with Gasteiger partial charge in [0.2, 0.25) is 0 Å². The van der Waals surface area contributed by atoms with E-state index in [4.69, 9.17) is 9.57 Å². The number of nitrogens with one attached hydrogen (secondary N) is 1. The molecule has 0 amide bonds. The molecule has 0 heterocycles. The van der Waals surface area contributed by atoms with Gasteiger partial charge in [0.1, 0.15) is 5.92 Å². The highest BCUT2D eigenvalue weighted by Gasteiger charge is 2.50. The van der Waals surface area contributed by atoms with E-state index < -0.39 is 23.1 Å². The van der Waals surface area contributed by atoms with E-state index in [-0.39, 0.29) is 17.8 Å². The molecule has 0 bridgehead atoms. The first kappa shape index (κ1) is 18.4. The van der Waals surface area contributed by atoms with Gasteiger partial charge in [-0.1, -0.05) is 27.2 Å². The highest BCUT2D eigenvalue weighted by atomic mass is 16.6. The smallest absolute Gasteiger partial charge is 0.317 e. The number of carbonyl (C=O) groups excluding carboxylic acids is 3. The number of esters is 1. The number of carbonyl (C=O) groups is 3. The van der Waals surface area contributed by atoms with Gasteiger partial charge in [-0.25, -0.2) is 0 Å². The van der Waals surface area contributed by atoms with Crippen molar-refractivity contribution in [2.24, 2.45) is 11.3 Å². The molecule has 1 unspecified atom stereocenters. The maximum absolute atomic E-state index is 12.8. The topological polar surface area (TPSA) is 81.7 Å². The first-order valence-electron chi connectivity index (χ1n) is 7.56. The van der Waals surface area contributed by atoms with Crippen LogP contribution in [0.1, 0.15) is 47.0 Å². The summed E-state index contributed by atoms with van der Waals surface area (Å²) < 4.78 is 4.75. The molecule has 0 aromatic heterocycles. The van der Waals surface area contributed by atoms with Gasteiger partial charge in [0.25, 0.3) is 0 Å². The van der Waals surface area contributed by atoms with Crippen molar-refractivity contribution in [1.29, 1.82) is 0 Å². The summed E-state index contributed by atoms with van der Waals surface area (Å²) in [7, 11) is 1.25. The van der Waals surface area contributed by atoms with Crippen LogP contribution < -0.4 is 5.48 Å². The Bertz CT molecular complexity index is 493. The van der Waals surface area contributed by atoms with Gasteiger partial charge in [0.05, 0.1) is 25.0 Å². The lowest BCUT2D eigenvalue weighted by atomic mass is 9.65. The molecule has 1 fully saturated rings. The predicted molar refractivity (Wildman–Crippen MR) is 80.6 cm³/mol. The van der Waals surface area contributed by atoms with E-state index in [9.17, 15) is 14.4 Å². The van der Waals surface area contributed by atoms with Crippen molar-refractivity contribution >= 4 is 17.5 Å². The summed E-state index contributed by atoms with van der Waals surface area (Å²) >= 11 is 0. The van der Waals surface area contributed by atoms with Crippen LogP contribution in [0.25, 0.3) is 0 Å². The second-order valence-corrected chi connectivity index (χ2v) is 6.05. The van der Waals surface area contributed by atoms with Crippen molar-refractivity contribution in [3.8, 4) is 0 Å². The monoisotopic (exact) mass is 311 g/mol. The van der Waals surface area contributed by atoms with E-state index in [2.05, 4.69) is 5.48 Å². The van der Waals surface area contributed by atoms with Crippen LogP contribution >= 0.6 is 0 Å². The van der Waals surface area contributed by atoms with E-state index in [1.54, 1.807) is 20.8 Å². The van der Waals surface area contributed by atoms with Gasteiger partial charge >= 0.3 is 5.97 Å². The van der Waals surface area contributed by atoms with E-state index in [1.807, 2.05) is 6.92 Å². The molecular weight excluding hydrogens is 286 g/mol. The van der Waals surface area contributed by atoms with E-state index >= 15 is 0 Å². The lowest BCUT2D eigenvalue weighted by Gasteiger charge is -2.36. The fourth-order valence-electron chi connectivity index (χ4n) is 2.74. The molecule has 6 nitrogen and oxygen atoms in total. The van der Waals surface area contributed by atoms with Crippen LogP contribution in [-0.4, -0.2) is 31.3 Å². The Labute approximate surface area is 131 Å². The maximum Gasteiger partial charge on any atom is 0.317 e. The zero-order valence-electron chi connectivity index (χ0n) is 13.9. The summed E-state index contributed by atoms with van der Waals surface area (Å²) in [5.74, 6) is -2.32. The third-order valence-electron chi connectivity index (χ3n) is 3.76. The molecule has 0 aromatic carbocycles. The summed E-state index contributed by atoms with van der Waals surface area (Å²) in [6.45, 7) is 7.60. The number of hydroxylamine groups is 1. The molecule has 1 aliphatic carbocycles. The van der Waals surface area contributed by atoms with Crippen LogP contribution in [0.3, 0.4) is 0 Å². The Hall–Kier alpha value is -1.69. The number of hydrogen-bond donors (Lipinski definition) is 1. The van der Waals surface area contributed by atoms with Crippen LogP contribution in [0.5, 0.6) is 0 Å². The van der Waals surface area contributed by atoms with Gasteiger partial charge < -0.3 is 4.74 Å². The zero-order chi connectivity index (χ0) is 16.9. The summed E-state index contributed by atoms with van der Waals surface area (Å²) in [4.78, 5) is 42.3. The minimum atomic E-state index is -0.972. The van der Waals surface area contributed by atoms with Gasteiger partial charge in [0.15, 0.2) is 11.6 Å². The molecule has 0 saturated heterocycles. The number of methoxy groups -OCH3 is 1. The summed E-state index contributed by atoms with van der Waals surface area (Å²) in [5.41, 5.74) is 2.43. The summed E-state index contributed by atoms with van der Waals surface area (Å²) in [6, 6.07) is 0. The highest BCUT2D eigenvalue weighted by molar-refractivity contribution is 6.27. The lowest BCUT2D eigenvalue weighted by Crippen LogP contribution is -2.47. The van der Waals surface area contributed by atoms with E-state index in [0.717, 1.165) is 6.42 Å². The van der Waals surface area contributed by atoms with Crippen molar-refractivity contribution in [2.45, 2.75) is 47.0 Å². The van der Waals surface area contributed by atoms with Crippen molar-refractivity contribution in [3.05, 3.63) is 11.3 Å². The van der Waals surface area contributed by atoms with E-state index in [0.29, 0.717) is 18.7 Å². The van der Waals surface area contributed by atoms with Crippen molar-refractivity contribution in [1.82, 2.24) is 5.48 Å². The van der Waals surface area contributed by atoms with Crippen LogP contribution in [0, 0.1) is 11.3 Å². The second kappa shape index (κ2) is 7.54. The van der Waals surface area contributed by atoms with Gasteiger partial charge in [0, 0.05) is 6.42 Å². The number of rotatable bonds is 6. The number of ketones is 2. The molecule has 0 aromatic rings. The standard InChI is InChI=1S/C16H25NO5/c1-6-8-10(17-22-7-2)12-11(18)9-16(3,4)13(14(12)19)15(20)21-5/h13,17H,6-9H2,1-5H3/b12-10+. The number of allylic oxidation sites excluding steroid dienone is 2. The Kier molecular flexibility index (Phi) is 6.29. The molecule has 6 heteroatoms. The molecule has 0 aliphatic heterocycles. The minimum absolute atomic E-state index is 0.0463. The molecule has 1 saturated carbocycles. The van der Waals surface area contributed by atoms with Crippen molar-refractivity contribution in [2.75, 3.05) is 13.7 Å². The molecule has 0 spiro atoms. The number of Topliss-reactive ketones (excluding diaryl/α,β-unsaturated/α-hetero) is 2. The molecule has 0 radical (unpaired) electrons. The molecule has 1 N–H and O–H groups in total. The van der Waals surface area contributed by atoms with Crippen molar-refractivity contribution in [3.63, 3.8) is 0 Å². The third-order valence-corrected chi connectivity index (χ3v) is 3.76. The predicted octanol–water partition coefficient (Wildman–Crippen LogP) is 1.94. The van der Waals surface area contributed by atoms with E-state index in [1.165, 1.54) is 7.11 Å². The van der Waals surface area contributed by atoms with Crippen LogP contribution in [0.4, 0.5) is 0 Å². The zero-order valence-corrected chi connectivity index (χ0v) is 13.9. The number of ether oxygens (including phenoxy) is 1. The normalized spacial score (nSPS) is 23.2. The minimum Gasteiger partial charge on any atom is -0.468 e. The SMILES string of the molecule is CCC/C(NOCC)=C1/C(=O)CC(C)(C)C(C(=O)OC)C1=O. The first-order valence-corrected chi connectivity index (χ1v) is 7.56. The van der Waals surface area contributed by atoms with Gasteiger partial charge in [-0.3, -0.25) is 24.7 Å². The molecule has 1 atom stereocenters. The average Bonchev–Trinajstić information content (AvgIpc) is 2.42. The maximum atomic E-state index is 12.8. The van der Waals surface area contributed by atoms with Crippen molar-refractivity contribution < 1.29 is 24.0 Å². The molecular formula is C16H25NO5. The lowest BCUT2D eigenvalue weighted by molar-refractivity contribution is -0.155. The Morgan fingerprint density at radius 1 is 1.32 bits per heavy atom. The summed E-state index contributed by atoms with van der Waals surface area (Å²) in [5, 5.41) is 0. The molecule has 22 heavy (non-hydrogen) atoms. The third kappa shape index (κ3) is 3.74. The fourth-order valence-corrected chi connectivity index (χ4v) is 2.74. The fraction of sp³-hybridized carbons (Fsp3) is 0.688. The Morgan fingerprint density at radius 2 is 1.95 bits per heavy atom. The largest absolute Gasteiger partial charge is 0.468 e. The molecule has 1 rings (SSSR count). The van der Waals surface area contributed by atoms with Crippen LogP contribution in [-0.2, 0) is 24.0 Å². The van der Waals surface area contributed by atoms with Crippen LogP contribution in [0.15, 0.2) is 11.3 Å². The first-order chi connectivity index (χ1) is 10.3. The Morgan fingerprint density at radius 3 is 2.45 bits per heavy atom. The van der Waals surface area contributed by atoms with Gasteiger partial charge in [-0.2, -0.15) is 0 Å². The van der Waals surface area contributed by atoms with Gasteiger partial charge in [-0.15, -0.1) is 0 Å². The average molecular weight is 311 g/mol.